The summed E-state index contributed by atoms with van der Waals surface area (Å²) in [5.41, 5.74) is 1.99. The molecule has 2 saturated heterocycles. The highest BCUT2D eigenvalue weighted by Crippen LogP contribution is 2.30. The number of nitrogens with zero attached hydrogens (tertiary/aromatic N) is 1. The third-order valence-corrected chi connectivity index (χ3v) is 6.54. The van der Waals surface area contributed by atoms with Crippen LogP contribution in [0.1, 0.15) is 23.7 Å². The average Bonchev–Trinajstić information content (AvgIpc) is 3.03. The van der Waals surface area contributed by atoms with Gasteiger partial charge in [0.2, 0.25) is 10.0 Å². The van der Waals surface area contributed by atoms with Crippen LogP contribution in [0, 0.1) is 0 Å². The zero-order chi connectivity index (χ0) is 18.0. The average molecular weight is 372 g/mol. The van der Waals surface area contributed by atoms with Crippen LogP contribution < -0.4 is 4.72 Å². The number of fused-ring (bicyclic) bond motifs is 1. The molecule has 0 amide bonds. The highest BCUT2D eigenvalue weighted by molar-refractivity contribution is 7.88. The lowest BCUT2D eigenvalue weighted by Gasteiger charge is -2.35. The summed E-state index contributed by atoms with van der Waals surface area (Å²) in [6, 6.07) is 19.8. The number of ether oxygens (including phenoxy) is 1. The first-order valence-corrected chi connectivity index (χ1v) is 10.7. The predicted molar refractivity (Wildman–Crippen MR) is 101 cm³/mol. The molecule has 2 aromatic rings. The molecule has 6 heteroatoms. The lowest BCUT2D eigenvalue weighted by atomic mass is 10.1. The number of sulfonamides is 1. The molecule has 0 spiro atoms. The quantitative estimate of drug-likeness (QED) is 0.875. The standard InChI is InChI=1S/C20H24N2O3S/c23-26(24,15-16-7-3-1-4-8-16)21-18-11-19-14-25-20(13-22(19)12-18)17-9-5-2-6-10-17/h1-10,18-21H,11-15H2/t18-,19+,20-/m1/s1. The van der Waals surface area contributed by atoms with Gasteiger partial charge >= 0.3 is 0 Å². The highest BCUT2D eigenvalue weighted by atomic mass is 32.2. The molecule has 0 radical (unpaired) electrons. The van der Waals surface area contributed by atoms with Crippen molar-refractivity contribution >= 4 is 10.0 Å². The zero-order valence-electron chi connectivity index (χ0n) is 14.6. The Labute approximate surface area is 155 Å². The predicted octanol–water partition coefficient (Wildman–Crippen LogP) is 2.32. The molecule has 26 heavy (non-hydrogen) atoms. The molecule has 4 rings (SSSR count). The van der Waals surface area contributed by atoms with Crippen LogP contribution in [-0.4, -0.2) is 45.1 Å². The van der Waals surface area contributed by atoms with Gasteiger partial charge in [-0.3, -0.25) is 4.90 Å². The van der Waals surface area contributed by atoms with Gasteiger partial charge in [0.05, 0.1) is 18.5 Å². The van der Waals surface area contributed by atoms with E-state index in [0.717, 1.165) is 25.1 Å². The fourth-order valence-corrected chi connectivity index (χ4v) is 5.31. The number of morpholine rings is 1. The van der Waals surface area contributed by atoms with Gasteiger partial charge in [-0.05, 0) is 17.5 Å². The Morgan fingerprint density at radius 3 is 2.42 bits per heavy atom. The second-order valence-electron chi connectivity index (χ2n) is 7.14. The van der Waals surface area contributed by atoms with Crippen molar-refractivity contribution in [2.45, 2.75) is 30.4 Å². The summed E-state index contributed by atoms with van der Waals surface area (Å²) in [7, 11) is -3.34. The number of nitrogens with one attached hydrogen (secondary N) is 1. The van der Waals surface area contributed by atoms with Gasteiger partial charge in [-0.15, -0.1) is 0 Å². The molecule has 0 unspecified atom stereocenters. The van der Waals surface area contributed by atoms with E-state index in [2.05, 4.69) is 21.8 Å². The summed E-state index contributed by atoms with van der Waals surface area (Å²) in [4.78, 5) is 2.36. The summed E-state index contributed by atoms with van der Waals surface area (Å²) >= 11 is 0. The van der Waals surface area contributed by atoms with Crippen molar-refractivity contribution in [3.8, 4) is 0 Å². The second-order valence-corrected chi connectivity index (χ2v) is 8.89. The van der Waals surface area contributed by atoms with E-state index in [1.807, 2.05) is 48.5 Å². The Hall–Kier alpha value is -1.73. The lowest BCUT2D eigenvalue weighted by Crippen LogP contribution is -2.43. The van der Waals surface area contributed by atoms with E-state index < -0.39 is 10.0 Å². The first kappa shape index (κ1) is 17.7. The summed E-state index contributed by atoms with van der Waals surface area (Å²) in [5.74, 6) is 0.0259. The molecule has 1 N–H and O–H groups in total. The smallest absolute Gasteiger partial charge is 0.216 e. The molecule has 5 nitrogen and oxygen atoms in total. The molecule has 2 aromatic carbocycles. The van der Waals surface area contributed by atoms with Crippen molar-refractivity contribution in [2.75, 3.05) is 19.7 Å². The third kappa shape index (κ3) is 4.15. The van der Waals surface area contributed by atoms with Gasteiger partial charge in [-0.2, -0.15) is 0 Å². The minimum absolute atomic E-state index is 0.0259. The van der Waals surface area contributed by atoms with Crippen LogP contribution in [0.15, 0.2) is 60.7 Å². The Morgan fingerprint density at radius 1 is 1.00 bits per heavy atom. The van der Waals surface area contributed by atoms with Crippen LogP contribution in [0.4, 0.5) is 0 Å². The van der Waals surface area contributed by atoms with Crippen LogP contribution in [0.3, 0.4) is 0 Å². The van der Waals surface area contributed by atoms with E-state index in [9.17, 15) is 8.42 Å². The SMILES string of the molecule is O=S(=O)(Cc1ccccc1)N[C@@H]1C[C@H]2CO[C@@H](c3ccccc3)CN2C1. The maximum absolute atomic E-state index is 12.5. The van der Waals surface area contributed by atoms with Gasteiger partial charge in [0.25, 0.3) is 0 Å². The molecule has 138 valence electrons. The van der Waals surface area contributed by atoms with Gasteiger partial charge in [-0.1, -0.05) is 60.7 Å². The summed E-state index contributed by atoms with van der Waals surface area (Å²) in [6.07, 6.45) is 0.863. The first-order chi connectivity index (χ1) is 12.6. The van der Waals surface area contributed by atoms with E-state index >= 15 is 0 Å². The fraction of sp³-hybridized carbons (Fsp3) is 0.400. The van der Waals surface area contributed by atoms with Crippen molar-refractivity contribution in [2.24, 2.45) is 0 Å². The Balaban J connectivity index is 1.36. The minimum atomic E-state index is -3.34. The summed E-state index contributed by atoms with van der Waals surface area (Å²) in [6.45, 7) is 2.20. The van der Waals surface area contributed by atoms with Crippen LogP contribution in [-0.2, 0) is 20.5 Å². The maximum Gasteiger partial charge on any atom is 0.216 e. The fourth-order valence-electron chi connectivity index (χ4n) is 3.92. The normalized spacial score (nSPS) is 26.5. The molecule has 2 heterocycles. The molecule has 3 atom stereocenters. The van der Waals surface area contributed by atoms with Gasteiger partial charge < -0.3 is 4.74 Å². The topological polar surface area (TPSA) is 58.6 Å². The van der Waals surface area contributed by atoms with Gasteiger partial charge in [0, 0.05) is 25.2 Å². The molecule has 2 aliphatic rings. The third-order valence-electron chi connectivity index (χ3n) is 5.14. The maximum atomic E-state index is 12.5. The Morgan fingerprint density at radius 2 is 1.69 bits per heavy atom. The van der Waals surface area contributed by atoms with Crippen LogP contribution in [0.5, 0.6) is 0 Å². The number of hydrogen-bond acceptors (Lipinski definition) is 4. The van der Waals surface area contributed by atoms with E-state index in [0.29, 0.717) is 12.6 Å². The van der Waals surface area contributed by atoms with Gasteiger partial charge in [0.1, 0.15) is 0 Å². The molecular weight excluding hydrogens is 348 g/mol. The van der Waals surface area contributed by atoms with E-state index in [-0.39, 0.29) is 17.9 Å². The molecule has 0 bridgehead atoms. The van der Waals surface area contributed by atoms with Crippen molar-refractivity contribution in [3.63, 3.8) is 0 Å². The van der Waals surface area contributed by atoms with Crippen molar-refractivity contribution in [1.82, 2.24) is 9.62 Å². The molecule has 2 fully saturated rings. The lowest BCUT2D eigenvalue weighted by molar-refractivity contribution is -0.0502. The van der Waals surface area contributed by atoms with Crippen LogP contribution in [0.2, 0.25) is 0 Å². The number of benzene rings is 2. The number of rotatable bonds is 5. The minimum Gasteiger partial charge on any atom is -0.371 e. The Kier molecular flexibility index (Phi) is 5.09. The van der Waals surface area contributed by atoms with Crippen LogP contribution in [0.25, 0.3) is 0 Å². The van der Waals surface area contributed by atoms with E-state index in [1.54, 1.807) is 0 Å². The largest absolute Gasteiger partial charge is 0.371 e. The van der Waals surface area contributed by atoms with Crippen molar-refractivity contribution < 1.29 is 13.2 Å². The molecule has 0 aliphatic carbocycles. The second kappa shape index (κ2) is 7.48. The first-order valence-electron chi connectivity index (χ1n) is 9.03. The summed E-state index contributed by atoms with van der Waals surface area (Å²) < 4.78 is 33.9. The van der Waals surface area contributed by atoms with Crippen molar-refractivity contribution in [3.05, 3.63) is 71.8 Å². The zero-order valence-corrected chi connectivity index (χ0v) is 15.4. The van der Waals surface area contributed by atoms with Crippen molar-refractivity contribution in [1.29, 1.82) is 0 Å². The monoisotopic (exact) mass is 372 g/mol. The van der Waals surface area contributed by atoms with Gasteiger partial charge in [-0.25, -0.2) is 13.1 Å². The molecule has 2 aliphatic heterocycles. The molecule has 0 aromatic heterocycles. The van der Waals surface area contributed by atoms with Gasteiger partial charge in [0.15, 0.2) is 0 Å². The molecule has 0 saturated carbocycles. The summed E-state index contributed by atoms with van der Waals surface area (Å²) in [5, 5.41) is 0. The Bertz CT molecular complexity index is 827. The molecular formula is C20H24N2O3S. The van der Waals surface area contributed by atoms with E-state index in [4.69, 9.17) is 4.74 Å². The highest BCUT2D eigenvalue weighted by Gasteiger charge is 2.39. The number of hydrogen-bond donors (Lipinski definition) is 1. The van der Waals surface area contributed by atoms with Crippen LogP contribution >= 0.6 is 0 Å². The van der Waals surface area contributed by atoms with E-state index in [1.165, 1.54) is 5.56 Å².